The van der Waals surface area contributed by atoms with Crippen LogP contribution in [0.1, 0.15) is 12.6 Å². The van der Waals surface area contributed by atoms with E-state index >= 15 is 0 Å². The number of nitrogens with zero attached hydrogens (tertiary/aromatic N) is 6. The van der Waals surface area contributed by atoms with E-state index in [9.17, 15) is 0 Å². The maximum Gasteiger partial charge on any atom is 0.187 e. The highest BCUT2D eigenvalue weighted by molar-refractivity contribution is 6.29. The smallest absolute Gasteiger partial charge is 0.187 e. The van der Waals surface area contributed by atoms with E-state index < -0.39 is 0 Å². The van der Waals surface area contributed by atoms with E-state index in [1.807, 2.05) is 24.6 Å². The zero-order valence-electron chi connectivity index (χ0n) is 10.0. The fourth-order valence-electron chi connectivity index (χ4n) is 1.91. The van der Waals surface area contributed by atoms with Gasteiger partial charge in [-0.1, -0.05) is 11.6 Å². The minimum absolute atomic E-state index is 0.404. The number of aromatic nitrogens is 6. The lowest BCUT2D eigenvalue weighted by molar-refractivity contribution is 0.656. The van der Waals surface area contributed by atoms with Crippen LogP contribution in [0.5, 0.6) is 0 Å². The molecule has 0 saturated heterocycles. The summed E-state index contributed by atoms with van der Waals surface area (Å²) in [5.41, 5.74) is 2.55. The molecule has 6 nitrogen and oxygen atoms in total. The SMILES string of the molecule is CCn1nc(C)cc1-c1nnc2cc(Cl)ncn12. The minimum atomic E-state index is 0.404. The standard InChI is InChI=1S/C11H11ClN6/c1-3-18-8(4-7(2)16-18)11-15-14-10-5-9(12)13-6-17(10)11/h4-6H,3H2,1-2H3. The van der Waals surface area contributed by atoms with Crippen molar-refractivity contribution in [3.05, 3.63) is 29.3 Å². The second-order valence-electron chi connectivity index (χ2n) is 3.95. The second kappa shape index (κ2) is 4.06. The summed E-state index contributed by atoms with van der Waals surface area (Å²) in [5.74, 6) is 0.719. The summed E-state index contributed by atoms with van der Waals surface area (Å²) in [6.07, 6.45) is 1.62. The third-order valence-corrected chi connectivity index (χ3v) is 2.90. The highest BCUT2D eigenvalue weighted by Crippen LogP contribution is 2.20. The third-order valence-electron chi connectivity index (χ3n) is 2.70. The lowest BCUT2D eigenvalue weighted by Crippen LogP contribution is -2.02. The molecule has 0 bridgehead atoms. The van der Waals surface area contributed by atoms with Gasteiger partial charge in [0.2, 0.25) is 0 Å². The van der Waals surface area contributed by atoms with Crippen molar-refractivity contribution >= 4 is 17.2 Å². The molecule has 3 aromatic rings. The molecule has 0 unspecified atom stereocenters. The predicted molar refractivity (Wildman–Crippen MR) is 67.4 cm³/mol. The van der Waals surface area contributed by atoms with E-state index in [-0.39, 0.29) is 0 Å². The number of aryl methyl sites for hydroxylation is 2. The van der Waals surface area contributed by atoms with Gasteiger partial charge in [0.15, 0.2) is 11.5 Å². The van der Waals surface area contributed by atoms with Crippen molar-refractivity contribution < 1.29 is 0 Å². The summed E-state index contributed by atoms with van der Waals surface area (Å²) in [6, 6.07) is 3.66. The van der Waals surface area contributed by atoms with Crippen LogP contribution >= 0.6 is 11.6 Å². The molecule has 3 heterocycles. The summed E-state index contributed by atoms with van der Waals surface area (Å²) in [4.78, 5) is 4.05. The highest BCUT2D eigenvalue weighted by Gasteiger charge is 2.14. The number of hydrogen-bond acceptors (Lipinski definition) is 4. The molecule has 0 aliphatic heterocycles. The largest absolute Gasteiger partial charge is 0.264 e. The number of fused-ring (bicyclic) bond motifs is 1. The van der Waals surface area contributed by atoms with Crippen LogP contribution in [0.2, 0.25) is 5.15 Å². The Bertz CT molecular complexity index is 713. The Morgan fingerprint density at radius 3 is 2.89 bits per heavy atom. The molecular weight excluding hydrogens is 252 g/mol. The molecule has 3 aromatic heterocycles. The van der Waals surface area contributed by atoms with Gasteiger partial charge < -0.3 is 0 Å². The van der Waals surface area contributed by atoms with Gasteiger partial charge in [0.1, 0.15) is 17.2 Å². The molecule has 18 heavy (non-hydrogen) atoms. The first-order chi connectivity index (χ1) is 8.69. The van der Waals surface area contributed by atoms with Gasteiger partial charge in [-0.15, -0.1) is 10.2 Å². The van der Waals surface area contributed by atoms with Crippen LogP contribution in [0.3, 0.4) is 0 Å². The molecule has 0 atom stereocenters. The van der Waals surface area contributed by atoms with Crippen LogP contribution in [0.25, 0.3) is 17.2 Å². The molecular formula is C11H11ClN6. The molecule has 0 aliphatic carbocycles. The van der Waals surface area contributed by atoms with Crippen molar-refractivity contribution in [2.24, 2.45) is 0 Å². The Morgan fingerprint density at radius 1 is 1.28 bits per heavy atom. The first-order valence-electron chi connectivity index (χ1n) is 5.60. The minimum Gasteiger partial charge on any atom is -0.264 e. The van der Waals surface area contributed by atoms with Gasteiger partial charge in [-0.05, 0) is 19.9 Å². The topological polar surface area (TPSA) is 60.9 Å². The van der Waals surface area contributed by atoms with Gasteiger partial charge in [0.05, 0.1) is 5.69 Å². The van der Waals surface area contributed by atoms with E-state index in [0.29, 0.717) is 10.8 Å². The quantitative estimate of drug-likeness (QED) is 0.663. The molecule has 0 spiro atoms. The lowest BCUT2D eigenvalue weighted by Gasteiger charge is -2.02. The Hall–Kier alpha value is -1.95. The molecule has 0 N–H and O–H groups in total. The molecule has 7 heteroatoms. The highest BCUT2D eigenvalue weighted by atomic mass is 35.5. The van der Waals surface area contributed by atoms with Gasteiger partial charge in [0.25, 0.3) is 0 Å². The predicted octanol–water partition coefficient (Wildman–Crippen LogP) is 1.97. The Kier molecular flexibility index (Phi) is 2.52. The second-order valence-corrected chi connectivity index (χ2v) is 4.34. The fourth-order valence-corrected chi connectivity index (χ4v) is 2.05. The van der Waals surface area contributed by atoms with Gasteiger partial charge in [-0.25, -0.2) is 4.98 Å². The van der Waals surface area contributed by atoms with Gasteiger partial charge in [-0.2, -0.15) is 5.10 Å². The number of rotatable bonds is 2. The summed E-state index contributed by atoms with van der Waals surface area (Å²) >= 11 is 5.83. The molecule has 0 fully saturated rings. The molecule has 0 amide bonds. The molecule has 0 radical (unpaired) electrons. The zero-order valence-corrected chi connectivity index (χ0v) is 10.8. The van der Waals surface area contributed by atoms with Crippen LogP contribution in [-0.2, 0) is 6.54 Å². The van der Waals surface area contributed by atoms with Crippen LogP contribution in [-0.4, -0.2) is 29.4 Å². The maximum absolute atomic E-state index is 5.83. The zero-order chi connectivity index (χ0) is 12.7. The molecule has 0 aliphatic rings. The summed E-state index contributed by atoms with van der Waals surface area (Å²) in [5, 5.41) is 13.1. The monoisotopic (exact) mass is 262 g/mol. The van der Waals surface area contributed by atoms with Crippen LogP contribution in [0.4, 0.5) is 0 Å². The van der Waals surface area contributed by atoms with Crippen molar-refractivity contribution in [1.82, 2.24) is 29.4 Å². The summed E-state index contributed by atoms with van der Waals surface area (Å²) in [7, 11) is 0. The van der Waals surface area contributed by atoms with E-state index in [0.717, 1.165) is 23.8 Å². The van der Waals surface area contributed by atoms with Crippen molar-refractivity contribution in [1.29, 1.82) is 0 Å². The molecule has 0 saturated carbocycles. The first-order valence-corrected chi connectivity index (χ1v) is 5.98. The third kappa shape index (κ3) is 1.65. The number of hydrogen-bond donors (Lipinski definition) is 0. The Balaban J connectivity index is 2.25. The van der Waals surface area contributed by atoms with E-state index in [2.05, 4.69) is 20.3 Å². The van der Waals surface area contributed by atoms with Crippen molar-refractivity contribution in [2.75, 3.05) is 0 Å². The van der Waals surface area contributed by atoms with Crippen molar-refractivity contribution in [3.63, 3.8) is 0 Å². The Labute approximate surface area is 108 Å². The maximum atomic E-state index is 5.83. The lowest BCUT2D eigenvalue weighted by atomic mass is 10.3. The van der Waals surface area contributed by atoms with E-state index in [1.165, 1.54) is 0 Å². The van der Waals surface area contributed by atoms with Gasteiger partial charge in [0, 0.05) is 12.6 Å². The van der Waals surface area contributed by atoms with E-state index in [1.54, 1.807) is 16.8 Å². The number of halogens is 1. The fraction of sp³-hybridized carbons (Fsp3) is 0.273. The molecule has 92 valence electrons. The van der Waals surface area contributed by atoms with Gasteiger partial charge in [-0.3, -0.25) is 9.08 Å². The molecule has 0 aromatic carbocycles. The summed E-state index contributed by atoms with van der Waals surface area (Å²) in [6.45, 7) is 4.77. The van der Waals surface area contributed by atoms with Crippen LogP contribution in [0, 0.1) is 6.92 Å². The van der Waals surface area contributed by atoms with E-state index in [4.69, 9.17) is 11.6 Å². The van der Waals surface area contributed by atoms with Gasteiger partial charge >= 0.3 is 0 Å². The first kappa shape index (κ1) is 11.2. The average molecular weight is 263 g/mol. The van der Waals surface area contributed by atoms with Crippen molar-refractivity contribution in [2.45, 2.75) is 20.4 Å². The molecule has 3 rings (SSSR count). The van der Waals surface area contributed by atoms with Crippen molar-refractivity contribution in [3.8, 4) is 11.5 Å². The normalized spacial score (nSPS) is 11.3. The Morgan fingerprint density at radius 2 is 2.11 bits per heavy atom. The van der Waals surface area contributed by atoms with Crippen LogP contribution < -0.4 is 0 Å². The average Bonchev–Trinajstić information content (AvgIpc) is 2.91. The van der Waals surface area contributed by atoms with Crippen LogP contribution in [0.15, 0.2) is 18.5 Å². The summed E-state index contributed by atoms with van der Waals surface area (Å²) < 4.78 is 3.69.